The summed E-state index contributed by atoms with van der Waals surface area (Å²) in [5, 5.41) is 3.03. The van der Waals surface area contributed by atoms with E-state index in [-0.39, 0.29) is 18.5 Å². The summed E-state index contributed by atoms with van der Waals surface area (Å²) in [6.07, 6.45) is 2.86. The Morgan fingerprint density at radius 3 is 2.46 bits per heavy atom. The fourth-order valence-electron chi connectivity index (χ4n) is 3.49. The Hall–Kier alpha value is -2.38. The molecule has 1 unspecified atom stereocenters. The second kappa shape index (κ2) is 8.32. The number of hydrogen-bond donors (Lipinski definition) is 1. The topological polar surface area (TPSA) is 69.7 Å². The van der Waals surface area contributed by atoms with Gasteiger partial charge >= 0.3 is 10.2 Å². The minimum absolute atomic E-state index is 0.0839. The third-order valence-electron chi connectivity index (χ3n) is 5.05. The number of hydrogen-bond acceptors (Lipinski definition) is 3. The maximum atomic E-state index is 12.8. The molecule has 1 amide bonds. The molecule has 0 heterocycles. The lowest BCUT2D eigenvalue weighted by Gasteiger charge is -2.30. The second-order valence-corrected chi connectivity index (χ2v) is 9.41. The van der Waals surface area contributed by atoms with Gasteiger partial charge in [0.1, 0.15) is 6.54 Å². The standard InChI is InChI=1S/C21H27N3O3S/c1-16-11-13-18(14-12-16)24(28(26,27)23(2)3)15-21(25)22-20-10-6-8-17-7-4-5-9-19(17)20/h4-5,7,9,11-14,20H,6,8,10,15H2,1-3H3,(H,22,25). The average Bonchev–Trinajstić information content (AvgIpc) is 2.67. The van der Waals surface area contributed by atoms with Gasteiger partial charge in [0.15, 0.2) is 0 Å². The lowest BCUT2D eigenvalue weighted by atomic mass is 9.88. The number of amides is 1. The van der Waals surface area contributed by atoms with Crippen molar-refractivity contribution >= 4 is 21.8 Å². The van der Waals surface area contributed by atoms with Gasteiger partial charge in [0.25, 0.3) is 0 Å². The Morgan fingerprint density at radius 1 is 1.11 bits per heavy atom. The quantitative estimate of drug-likeness (QED) is 0.809. The number of carbonyl (C=O) groups is 1. The highest BCUT2D eigenvalue weighted by atomic mass is 32.2. The van der Waals surface area contributed by atoms with Crippen LogP contribution in [0.4, 0.5) is 5.69 Å². The van der Waals surface area contributed by atoms with E-state index in [9.17, 15) is 13.2 Å². The zero-order valence-electron chi connectivity index (χ0n) is 16.6. The van der Waals surface area contributed by atoms with Crippen LogP contribution in [0, 0.1) is 6.92 Å². The van der Waals surface area contributed by atoms with Crippen LogP contribution in [0.1, 0.15) is 35.6 Å². The first-order valence-corrected chi connectivity index (χ1v) is 10.8. The highest BCUT2D eigenvalue weighted by Gasteiger charge is 2.29. The van der Waals surface area contributed by atoms with Crippen molar-refractivity contribution in [1.29, 1.82) is 0 Å². The zero-order valence-corrected chi connectivity index (χ0v) is 17.4. The van der Waals surface area contributed by atoms with Crippen LogP contribution in [0.25, 0.3) is 0 Å². The van der Waals surface area contributed by atoms with E-state index in [2.05, 4.69) is 11.4 Å². The first kappa shape index (κ1) is 20.4. The largest absolute Gasteiger partial charge is 0.348 e. The maximum absolute atomic E-state index is 12.8. The van der Waals surface area contributed by atoms with Gasteiger partial charge < -0.3 is 5.32 Å². The van der Waals surface area contributed by atoms with Gasteiger partial charge in [0.2, 0.25) is 5.91 Å². The number of fused-ring (bicyclic) bond motifs is 1. The summed E-state index contributed by atoms with van der Waals surface area (Å²) in [6.45, 7) is 1.67. The summed E-state index contributed by atoms with van der Waals surface area (Å²) in [5.74, 6) is -0.312. The van der Waals surface area contributed by atoms with Crippen LogP contribution in [0.5, 0.6) is 0 Å². The molecule has 3 rings (SSSR count). The monoisotopic (exact) mass is 401 g/mol. The lowest BCUT2D eigenvalue weighted by Crippen LogP contribution is -2.46. The Balaban J connectivity index is 1.81. The van der Waals surface area contributed by atoms with Gasteiger partial charge in [0, 0.05) is 14.1 Å². The molecule has 1 aliphatic rings. The van der Waals surface area contributed by atoms with Crippen molar-refractivity contribution in [3.63, 3.8) is 0 Å². The van der Waals surface area contributed by atoms with E-state index < -0.39 is 10.2 Å². The predicted molar refractivity (Wildman–Crippen MR) is 111 cm³/mol. The van der Waals surface area contributed by atoms with E-state index in [0.29, 0.717) is 5.69 Å². The first-order chi connectivity index (χ1) is 13.3. The normalized spacial score (nSPS) is 16.5. The molecule has 28 heavy (non-hydrogen) atoms. The Labute approximate surface area is 167 Å². The Bertz CT molecular complexity index is 940. The SMILES string of the molecule is Cc1ccc(N(CC(=O)NC2CCCc3ccccc32)S(=O)(=O)N(C)C)cc1. The van der Waals surface area contributed by atoms with Gasteiger partial charge in [-0.2, -0.15) is 12.7 Å². The molecule has 0 saturated carbocycles. The smallest absolute Gasteiger partial charge is 0.304 e. The molecule has 0 fully saturated rings. The van der Waals surface area contributed by atoms with Crippen molar-refractivity contribution in [3.05, 3.63) is 65.2 Å². The van der Waals surface area contributed by atoms with E-state index in [4.69, 9.17) is 0 Å². The molecule has 0 aliphatic heterocycles. The average molecular weight is 402 g/mol. The van der Waals surface area contributed by atoms with Crippen LogP contribution in [0.3, 0.4) is 0 Å². The summed E-state index contributed by atoms with van der Waals surface area (Å²) in [5.41, 5.74) is 3.86. The number of benzene rings is 2. The number of aryl methyl sites for hydroxylation is 2. The van der Waals surface area contributed by atoms with Crippen LogP contribution in [-0.4, -0.2) is 39.3 Å². The molecule has 7 heteroatoms. The van der Waals surface area contributed by atoms with Crippen molar-refractivity contribution in [2.45, 2.75) is 32.2 Å². The fraction of sp³-hybridized carbons (Fsp3) is 0.381. The van der Waals surface area contributed by atoms with E-state index in [1.165, 1.54) is 19.7 Å². The highest BCUT2D eigenvalue weighted by Crippen LogP contribution is 2.29. The van der Waals surface area contributed by atoms with Crippen molar-refractivity contribution in [2.24, 2.45) is 0 Å². The minimum Gasteiger partial charge on any atom is -0.348 e. The summed E-state index contributed by atoms with van der Waals surface area (Å²) in [4.78, 5) is 12.8. The van der Waals surface area contributed by atoms with Crippen molar-refractivity contribution in [1.82, 2.24) is 9.62 Å². The number of rotatable bonds is 6. The summed E-state index contributed by atoms with van der Waals surface area (Å²) in [7, 11) is -0.867. The van der Waals surface area contributed by atoms with Gasteiger partial charge in [-0.05, 0) is 49.4 Å². The van der Waals surface area contributed by atoms with Crippen molar-refractivity contribution in [2.75, 3.05) is 24.9 Å². The molecule has 0 radical (unpaired) electrons. The highest BCUT2D eigenvalue weighted by molar-refractivity contribution is 7.90. The maximum Gasteiger partial charge on any atom is 0.304 e. The molecule has 2 aromatic carbocycles. The second-order valence-electron chi connectivity index (χ2n) is 7.34. The van der Waals surface area contributed by atoms with Gasteiger partial charge in [-0.15, -0.1) is 0 Å². The molecule has 0 saturated heterocycles. The third-order valence-corrected chi connectivity index (χ3v) is 6.87. The number of carbonyl (C=O) groups excluding carboxylic acids is 1. The minimum atomic E-state index is -3.80. The molecule has 6 nitrogen and oxygen atoms in total. The third kappa shape index (κ3) is 4.36. The predicted octanol–water partition coefficient (Wildman–Crippen LogP) is 2.80. The van der Waals surface area contributed by atoms with Crippen LogP contribution < -0.4 is 9.62 Å². The molecule has 2 aromatic rings. The number of nitrogens with zero attached hydrogens (tertiary/aromatic N) is 2. The summed E-state index contributed by atoms with van der Waals surface area (Å²) < 4.78 is 27.9. The summed E-state index contributed by atoms with van der Waals surface area (Å²) in [6, 6.07) is 15.1. The van der Waals surface area contributed by atoms with Gasteiger partial charge in [-0.3, -0.25) is 4.79 Å². The van der Waals surface area contributed by atoms with Gasteiger partial charge in [-0.25, -0.2) is 4.31 Å². The molecule has 1 aliphatic carbocycles. The molecule has 1 atom stereocenters. The molecule has 0 spiro atoms. The van der Waals surface area contributed by atoms with Crippen molar-refractivity contribution < 1.29 is 13.2 Å². The first-order valence-electron chi connectivity index (χ1n) is 9.43. The van der Waals surface area contributed by atoms with Crippen LogP contribution in [-0.2, 0) is 21.4 Å². The number of anilines is 1. The van der Waals surface area contributed by atoms with E-state index in [1.807, 2.05) is 37.3 Å². The molecule has 1 N–H and O–H groups in total. The van der Waals surface area contributed by atoms with Crippen LogP contribution >= 0.6 is 0 Å². The molecular formula is C21H27N3O3S. The van der Waals surface area contributed by atoms with E-state index in [1.54, 1.807) is 12.1 Å². The van der Waals surface area contributed by atoms with Gasteiger partial charge in [0.05, 0.1) is 11.7 Å². The summed E-state index contributed by atoms with van der Waals surface area (Å²) >= 11 is 0. The van der Waals surface area contributed by atoms with Crippen LogP contribution in [0.2, 0.25) is 0 Å². The van der Waals surface area contributed by atoms with E-state index in [0.717, 1.165) is 39.0 Å². The molecule has 0 bridgehead atoms. The lowest BCUT2D eigenvalue weighted by molar-refractivity contribution is -0.120. The zero-order chi connectivity index (χ0) is 20.3. The van der Waals surface area contributed by atoms with Gasteiger partial charge in [-0.1, -0.05) is 42.0 Å². The fourth-order valence-corrected chi connectivity index (χ4v) is 4.55. The number of nitrogens with one attached hydrogen (secondary N) is 1. The molecular weight excluding hydrogens is 374 g/mol. The Morgan fingerprint density at radius 2 is 1.79 bits per heavy atom. The Kier molecular flexibility index (Phi) is 6.05. The van der Waals surface area contributed by atoms with E-state index >= 15 is 0 Å². The molecule has 0 aromatic heterocycles. The molecule has 150 valence electrons. The van der Waals surface area contributed by atoms with Crippen LogP contribution in [0.15, 0.2) is 48.5 Å². The van der Waals surface area contributed by atoms with Crippen molar-refractivity contribution in [3.8, 4) is 0 Å².